The summed E-state index contributed by atoms with van der Waals surface area (Å²) in [5.74, 6) is -1.61. The Morgan fingerprint density at radius 1 is 1.05 bits per heavy atom. The van der Waals surface area contributed by atoms with Crippen molar-refractivity contribution in [2.75, 3.05) is 52.6 Å². The molecule has 9 heteroatoms. The second-order valence-electron chi connectivity index (χ2n) is 9.02. The number of ketones is 1. The van der Waals surface area contributed by atoms with E-state index < -0.39 is 29.3 Å². The van der Waals surface area contributed by atoms with Gasteiger partial charge in [-0.1, -0.05) is 24.0 Å². The summed E-state index contributed by atoms with van der Waals surface area (Å²) in [4.78, 5) is 29.3. The van der Waals surface area contributed by atoms with Crippen molar-refractivity contribution >= 4 is 17.4 Å². The molecular weight excluding hydrogens is 479 g/mol. The van der Waals surface area contributed by atoms with E-state index >= 15 is 0 Å². The quantitative estimate of drug-likeness (QED) is 0.292. The number of carbonyl (C=O) groups is 2. The zero-order chi connectivity index (χ0) is 26.4. The molecular formula is C28H33FN2O6. The average Bonchev–Trinajstić information content (AvgIpc) is 3.16. The molecule has 1 unspecified atom stereocenters. The van der Waals surface area contributed by atoms with Crippen molar-refractivity contribution in [1.29, 1.82) is 0 Å². The maximum absolute atomic E-state index is 13.5. The van der Waals surface area contributed by atoms with Gasteiger partial charge in [-0.15, -0.1) is 0 Å². The third-order valence-corrected chi connectivity index (χ3v) is 6.65. The highest BCUT2D eigenvalue weighted by atomic mass is 19.1. The fourth-order valence-corrected chi connectivity index (χ4v) is 4.85. The van der Waals surface area contributed by atoms with Crippen molar-refractivity contribution < 1.29 is 38.2 Å². The number of carbonyl (C=O) groups excluding carboxylic acids is 2. The number of hydrogen-bond donors (Lipinski definition) is 1. The first-order valence-electron chi connectivity index (χ1n) is 12.8. The second-order valence-corrected chi connectivity index (χ2v) is 9.02. The number of quaternary nitrogens is 1. The van der Waals surface area contributed by atoms with Gasteiger partial charge >= 0.3 is 0 Å². The van der Waals surface area contributed by atoms with Crippen LogP contribution in [0.5, 0.6) is 11.5 Å². The lowest BCUT2D eigenvalue weighted by Gasteiger charge is -2.29. The number of halogens is 1. The fourth-order valence-electron chi connectivity index (χ4n) is 4.85. The van der Waals surface area contributed by atoms with Crippen molar-refractivity contribution in [2.24, 2.45) is 0 Å². The summed E-state index contributed by atoms with van der Waals surface area (Å²) in [6.45, 7) is 8.88. The molecule has 0 aliphatic carbocycles. The standard InChI is InChI=1S/C28H33FN2O6/c1-3-36-22-11-8-20(18-23(22)37-4-2)25-24(26(32)19-6-9-21(29)10-7-19)27(33)28(34)31(25)13-5-12-30-14-16-35-17-15-30/h6-11,18,25,32H,3-5,12-17H2,1-2H3. The smallest absolute Gasteiger partial charge is 0.295 e. The highest BCUT2D eigenvalue weighted by Crippen LogP contribution is 2.41. The molecule has 0 aromatic heterocycles. The number of amides is 1. The first-order valence-corrected chi connectivity index (χ1v) is 12.8. The molecule has 2 fully saturated rings. The van der Waals surface area contributed by atoms with Crippen LogP contribution < -0.4 is 19.5 Å². The number of nitrogens with one attached hydrogen (secondary N) is 1. The molecule has 2 heterocycles. The molecule has 198 valence electrons. The summed E-state index contributed by atoms with van der Waals surface area (Å²) in [7, 11) is 0. The second kappa shape index (κ2) is 12.2. The Bertz CT molecular complexity index is 1140. The average molecular weight is 513 g/mol. The maximum Gasteiger partial charge on any atom is 0.295 e. The SMILES string of the molecule is CCOc1ccc(C2C(=C([O-])c3ccc(F)cc3)C(=O)C(=O)N2CCC[NH+]2CCOCC2)cc1OCC. The molecule has 0 saturated carbocycles. The molecule has 2 aliphatic rings. The van der Waals surface area contributed by atoms with Crippen LogP contribution in [-0.2, 0) is 14.3 Å². The van der Waals surface area contributed by atoms with Gasteiger partial charge in [0.05, 0.1) is 39.0 Å². The van der Waals surface area contributed by atoms with Crippen molar-refractivity contribution in [3.8, 4) is 11.5 Å². The van der Waals surface area contributed by atoms with Crippen molar-refractivity contribution in [2.45, 2.75) is 26.3 Å². The Kier molecular flexibility index (Phi) is 8.78. The lowest BCUT2D eigenvalue weighted by atomic mass is 9.95. The van der Waals surface area contributed by atoms with Gasteiger partial charge in [0, 0.05) is 18.5 Å². The molecule has 0 spiro atoms. The summed E-state index contributed by atoms with van der Waals surface area (Å²) >= 11 is 0. The van der Waals surface area contributed by atoms with E-state index in [1.54, 1.807) is 18.2 Å². The van der Waals surface area contributed by atoms with Crippen LogP contribution in [-0.4, -0.2) is 69.2 Å². The molecule has 37 heavy (non-hydrogen) atoms. The van der Waals surface area contributed by atoms with E-state index in [1.165, 1.54) is 21.9 Å². The number of likely N-dealkylation sites (tertiary alicyclic amines) is 1. The lowest BCUT2D eigenvalue weighted by Crippen LogP contribution is -3.14. The third kappa shape index (κ3) is 5.94. The lowest BCUT2D eigenvalue weighted by molar-refractivity contribution is -0.908. The van der Waals surface area contributed by atoms with E-state index in [2.05, 4.69) is 0 Å². The van der Waals surface area contributed by atoms with Gasteiger partial charge in [-0.2, -0.15) is 0 Å². The molecule has 0 bridgehead atoms. The van der Waals surface area contributed by atoms with Crippen LogP contribution in [0.4, 0.5) is 4.39 Å². The number of rotatable bonds is 10. The zero-order valence-corrected chi connectivity index (χ0v) is 21.3. The summed E-state index contributed by atoms with van der Waals surface area (Å²) in [5.41, 5.74) is 0.593. The Labute approximate surface area is 216 Å². The van der Waals surface area contributed by atoms with Crippen LogP contribution >= 0.6 is 0 Å². The predicted octanol–water partition coefficient (Wildman–Crippen LogP) is 1.15. The molecule has 2 aliphatic heterocycles. The molecule has 0 radical (unpaired) electrons. The number of morpholine rings is 1. The van der Waals surface area contributed by atoms with Gasteiger partial charge in [0.15, 0.2) is 11.5 Å². The van der Waals surface area contributed by atoms with Crippen LogP contribution in [0.2, 0.25) is 0 Å². The van der Waals surface area contributed by atoms with E-state index in [1.807, 2.05) is 13.8 Å². The van der Waals surface area contributed by atoms with Crippen molar-refractivity contribution in [1.82, 2.24) is 4.90 Å². The van der Waals surface area contributed by atoms with Gasteiger partial charge in [-0.25, -0.2) is 4.39 Å². The summed E-state index contributed by atoms with van der Waals surface area (Å²) in [6, 6.07) is 9.31. The molecule has 4 rings (SSSR count). The normalized spacial score (nSPS) is 19.9. The minimum absolute atomic E-state index is 0.137. The van der Waals surface area contributed by atoms with Gasteiger partial charge in [-0.3, -0.25) is 9.59 Å². The first-order chi connectivity index (χ1) is 17.9. The molecule has 1 atom stereocenters. The Morgan fingerprint density at radius 3 is 2.41 bits per heavy atom. The number of benzene rings is 2. The molecule has 1 amide bonds. The number of hydrogen-bond acceptors (Lipinski definition) is 6. The summed E-state index contributed by atoms with van der Waals surface area (Å²) < 4.78 is 30.4. The topological polar surface area (TPSA) is 92.6 Å². The van der Waals surface area contributed by atoms with E-state index in [0.717, 1.165) is 31.8 Å². The van der Waals surface area contributed by atoms with Gasteiger partial charge in [0.1, 0.15) is 18.9 Å². The molecule has 1 N–H and O–H groups in total. The van der Waals surface area contributed by atoms with Gasteiger partial charge in [-0.05, 0) is 49.2 Å². The Morgan fingerprint density at radius 2 is 1.73 bits per heavy atom. The van der Waals surface area contributed by atoms with Crippen LogP contribution in [0.1, 0.15) is 37.4 Å². The third-order valence-electron chi connectivity index (χ3n) is 6.65. The van der Waals surface area contributed by atoms with E-state index in [0.29, 0.717) is 56.5 Å². The minimum atomic E-state index is -0.882. The minimum Gasteiger partial charge on any atom is -0.872 e. The van der Waals surface area contributed by atoms with Crippen LogP contribution in [0.15, 0.2) is 48.0 Å². The first kappa shape index (κ1) is 26.6. The molecule has 8 nitrogen and oxygen atoms in total. The number of nitrogens with zero attached hydrogens (tertiary/aromatic N) is 1. The number of Topliss-reactive ketones (excluding diaryl/α,β-unsaturated/α-hetero) is 1. The number of ether oxygens (including phenoxy) is 3. The zero-order valence-electron chi connectivity index (χ0n) is 21.3. The Balaban J connectivity index is 1.72. The highest BCUT2D eigenvalue weighted by Gasteiger charge is 2.44. The largest absolute Gasteiger partial charge is 0.872 e. The molecule has 2 saturated heterocycles. The van der Waals surface area contributed by atoms with Crippen molar-refractivity contribution in [3.05, 3.63) is 65.0 Å². The van der Waals surface area contributed by atoms with Gasteiger partial charge in [0.25, 0.3) is 5.91 Å². The Hall–Kier alpha value is -3.43. The van der Waals surface area contributed by atoms with Gasteiger partial charge in [0.2, 0.25) is 5.78 Å². The predicted molar refractivity (Wildman–Crippen MR) is 133 cm³/mol. The summed E-state index contributed by atoms with van der Waals surface area (Å²) in [5, 5.41) is 13.5. The van der Waals surface area contributed by atoms with Crippen LogP contribution in [0.3, 0.4) is 0 Å². The van der Waals surface area contributed by atoms with E-state index in [4.69, 9.17) is 14.2 Å². The summed E-state index contributed by atoms with van der Waals surface area (Å²) in [6.07, 6.45) is 0.665. The monoisotopic (exact) mass is 512 g/mol. The van der Waals surface area contributed by atoms with Crippen molar-refractivity contribution in [3.63, 3.8) is 0 Å². The van der Waals surface area contributed by atoms with Crippen LogP contribution in [0, 0.1) is 5.82 Å². The highest BCUT2D eigenvalue weighted by molar-refractivity contribution is 6.46. The molecule has 2 aromatic carbocycles. The molecule has 2 aromatic rings. The van der Waals surface area contributed by atoms with Gasteiger partial charge < -0.3 is 29.1 Å². The van der Waals surface area contributed by atoms with E-state index in [-0.39, 0.29) is 11.1 Å². The van der Waals surface area contributed by atoms with Crippen LogP contribution in [0.25, 0.3) is 5.76 Å². The van der Waals surface area contributed by atoms with E-state index in [9.17, 15) is 19.1 Å². The fraction of sp³-hybridized carbons (Fsp3) is 0.429. The maximum atomic E-state index is 13.5.